The summed E-state index contributed by atoms with van der Waals surface area (Å²) in [4.78, 5) is 34.6. The minimum atomic E-state index is -1.42. The van der Waals surface area contributed by atoms with E-state index < -0.39 is 35.7 Å². The van der Waals surface area contributed by atoms with Crippen LogP contribution in [0.5, 0.6) is 0 Å². The van der Waals surface area contributed by atoms with E-state index in [1.807, 2.05) is 0 Å². The van der Waals surface area contributed by atoms with Crippen LogP contribution in [0.25, 0.3) is 0 Å². The van der Waals surface area contributed by atoms with E-state index in [-0.39, 0.29) is 42.4 Å². The minimum Gasteiger partial charge on any atom is -0.550 e. The molecule has 0 aliphatic rings. The summed E-state index contributed by atoms with van der Waals surface area (Å²) < 4.78 is 5.23. The van der Waals surface area contributed by atoms with Gasteiger partial charge >= 0.3 is 41.5 Å². The zero-order chi connectivity index (χ0) is 18.5. The third-order valence-corrected chi connectivity index (χ3v) is 4.40. The Morgan fingerprint density at radius 1 is 0.960 bits per heavy atom. The number of carboxylic acids is 2. The standard InChI is InChI=1S/C18H32O6.Na/c1-4-7-8-9-10-11-24-18(23)13(5-2)12-15(17(21)22)14(6-3)16(19)20;/h13-15H,4-12H2,1-3H3,(H,19,20)(H,21,22);/q;+1/p-1. The first-order valence-corrected chi connectivity index (χ1v) is 8.99. The fourth-order valence-electron chi connectivity index (χ4n) is 2.79. The molecule has 0 aromatic heterocycles. The topological polar surface area (TPSA) is 104 Å². The van der Waals surface area contributed by atoms with Gasteiger partial charge < -0.3 is 19.7 Å². The second kappa shape index (κ2) is 15.6. The van der Waals surface area contributed by atoms with Crippen molar-refractivity contribution in [2.45, 2.75) is 72.1 Å². The van der Waals surface area contributed by atoms with Gasteiger partial charge in [-0.05, 0) is 25.7 Å². The third-order valence-electron chi connectivity index (χ3n) is 4.40. The predicted molar refractivity (Wildman–Crippen MR) is 88.0 cm³/mol. The van der Waals surface area contributed by atoms with Crippen LogP contribution in [0.15, 0.2) is 0 Å². The van der Waals surface area contributed by atoms with Gasteiger partial charge in [0, 0.05) is 11.9 Å². The maximum absolute atomic E-state index is 12.1. The molecule has 0 spiro atoms. The molecule has 0 aliphatic carbocycles. The number of hydrogen-bond donors (Lipinski definition) is 1. The van der Waals surface area contributed by atoms with Crippen molar-refractivity contribution in [3.05, 3.63) is 0 Å². The zero-order valence-electron chi connectivity index (χ0n) is 16.1. The average molecular weight is 366 g/mol. The molecule has 3 unspecified atom stereocenters. The van der Waals surface area contributed by atoms with Crippen molar-refractivity contribution in [2.24, 2.45) is 17.8 Å². The summed E-state index contributed by atoms with van der Waals surface area (Å²) in [5.41, 5.74) is 0. The van der Waals surface area contributed by atoms with E-state index in [1.165, 1.54) is 0 Å². The number of unbranched alkanes of at least 4 members (excludes halogenated alkanes) is 4. The van der Waals surface area contributed by atoms with Gasteiger partial charge in [0.25, 0.3) is 0 Å². The van der Waals surface area contributed by atoms with Crippen molar-refractivity contribution in [1.82, 2.24) is 0 Å². The number of rotatable bonds is 14. The molecule has 0 saturated carbocycles. The normalized spacial score (nSPS) is 14.0. The summed E-state index contributed by atoms with van der Waals surface area (Å²) in [6.45, 7) is 5.83. The molecule has 7 heteroatoms. The molecule has 0 aliphatic heterocycles. The van der Waals surface area contributed by atoms with Crippen molar-refractivity contribution in [3.63, 3.8) is 0 Å². The molecule has 0 rings (SSSR count). The van der Waals surface area contributed by atoms with Crippen LogP contribution in [-0.2, 0) is 19.1 Å². The average Bonchev–Trinajstić information content (AvgIpc) is 2.53. The van der Waals surface area contributed by atoms with Crippen molar-refractivity contribution in [3.8, 4) is 0 Å². The van der Waals surface area contributed by atoms with E-state index in [0.717, 1.165) is 32.1 Å². The van der Waals surface area contributed by atoms with Gasteiger partial charge in [0.05, 0.1) is 18.4 Å². The van der Waals surface area contributed by atoms with Crippen molar-refractivity contribution in [2.75, 3.05) is 6.61 Å². The summed E-state index contributed by atoms with van der Waals surface area (Å²) in [5.74, 6) is -5.89. The van der Waals surface area contributed by atoms with Gasteiger partial charge in [0.1, 0.15) is 0 Å². The fourth-order valence-corrected chi connectivity index (χ4v) is 2.79. The maximum atomic E-state index is 12.1. The number of carboxylic acid groups (broad SMARTS) is 2. The summed E-state index contributed by atoms with van der Waals surface area (Å²) in [6, 6.07) is 0. The number of carbonyl (C=O) groups is 3. The molecule has 1 N–H and O–H groups in total. The summed E-state index contributed by atoms with van der Waals surface area (Å²) in [6.07, 6.45) is 5.73. The molecule has 0 heterocycles. The molecule has 0 radical (unpaired) electrons. The van der Waals surface area contributed by atoms with Gasteiger partial charge in [-0.2, -0.15) is 0 Å². The Hall–Kier alpha value is -0.590. The second-order valence-electron chi connectivity index (χ2n) is 6.20. The molecule has 0 bridgehead atoms. The van der Waals surface area contributed by atoms with Gasteiger partial charge in [-0.1, -0.05) is 46.5 Å². The van der Waals surface area contributed by atoms with Crippen LogP contribution in [-0.4, -0.2) is 29.6 Å². The largest absolute Gasteiger partial charge is 1.00 e. The van der Waals surface area contributed by atoms with Crippen LogP contribution in [0, 0.1) is 17.8 Å². The number of aliphatic carboxylic acids is 2. The van der Waals surface area contributed by atoms with Crippen LogP contribution < -0.4 is 34.7 Å². The first kappa shape index (κ1) is 26.6. The van der Waals surface area contributed by atoms with E-state index in [4.69, 9.17) is 9.84 Å². The zero-order valence-corrected chi connectivity index (χ0v) is 18.1. The molecule has 0 aromatic rings. The quantitative estimate of drug-likeness (QED) is 0.250. The Labute approximate surface area is 173 Å². The van der Waals surface area contributed by atoms with Gasteiger partial charge in [-0.25, -0.2) is 0 Å². The van der Waals surface area contributed by atoms with Gasteiger partial charge in [-0.3, -0.25) is 9.59 Å². The second-order valence-corrected chi connectivity index (χ2v) is 6.20. The van der Waals surface area contributed by atoms with Crippen LogP contribution in [0.2, 0.25) is 0 Å². The Morgan fingerprint density at radius 3 is 2.00 bits per heavy atom. The number of hydrogen-bond acceptors (Lipinski definition) is 5. The Kier molecular flexibility index (Phi) is 16.7. The number of carbonyl (C=O) groups excluding carboxylic acids is 2. The van der Waals surface area contributed by atoms with Crippen molar-refractivity contribution < 1.29 is 58.9 Å². The molecule has 0 aromatic carbocycles. The van der Waals surface area contributed by atoms with Gasteiger partial charge in [-0.15, -0.1) is 0 Å². The SMILES string of the molecule is CCCCCCCOC(=O)C(CC)CC(C(=O)[O-])C(CC)C(=O)O.[Na+]. The Balaban J connectivity index is 0. The number of ether oxygens (including phenoxy) is 1. The first-order valence-electron chi connectivity index (χ1n) is 8.99. The van der Waals surface area contributed by atoms with Gasteiger partial charge in [0.2, 0.25) is 0 Å². The molecule has 25 heavy (non-hydrogen) atoms. The summed E-state index contributed by atoms with van der Waals surface area (Å²) in [5, 5.41) is 20.5. The van der Waals surface area contributed by atoms with E-state index in [0.29, 0.717) is 13.0 Å². The summed E-state index contributed by atoms with van der Waals surface area (Å²) in [7, 11) is 0. The summed E-state index contributed by atoms with van der Waals surface area (Å²) >= 11 is 0. The maximum Gasteiger partial charge on any atom is 1.00 e. The molecule has 6 nitrogen and oxygen atoms in total. The predicted octanol–water partition coefficient (Wildman–Crippen LogP) is -0.603. The van der Waals surface area contributed by atoms with Crippen LogP contribution >= 0.6 is 0 Å². The van der Waals surface area contributed by atoms with E-state index in [2.05, 4.69) is 6.92 Å². The van der Waals surface area contributed by atoms with Crippen molar-refractivity contribution >= 4 is 17.9 Å². The fraction of sp³-hybridized carbons (Fsp3) is 0.833. The van der Waals surface area contributed by atoms with Crippen LogP contribution in [0.1, 0.15) is 72.1 Å². The Morgan fingerprint density at radius 2 is 1.56 bits per heavy atom. The molecule has 3 atom stereocenters. The number of esters is 1. The van der Waals surface area contributed by atoms with E-state index in [9.17, 15) is 19.5 Å². The third kappa shape index (κ3) is 10.9. The molecule has 0 fully saturated rings. The first-order chi connectivity index (χ1) is 11.4. The van der Waals surface area contributed by atoms with Crippen LogP contribution in [0.4, 0.5) is 0 Å². The smallest absolute Gasteiger partial charge is 0.550 e. The van der Waals surface area contributed by atoms with Gasteiger partial charge in [0.15, 0.2) is 0 Å². The van der Waals surface area contributed by atoms with E-state index >= 15 is 0 Å². The molecule has 140 valence electrons. The van der Waals surface area contributed by atoms with E-state index in [1.54, 1.807) is 13.8 Å². The molecule has 0 saturated heterocycles. The van der Waals surface area contributed by atoms with Crippen molar-refractivity contribution in [1.29, 1.82) is 0 Å². The molecule has 0 amide bonds. The Bertz CT molecular complexity index is 399. The molecular formula is C18H31NaO6. The van der Waals surface area contributed by atoms with Crippen LogP contribution in [0.3, 0.4) is 0 Å². The monoisotopic (exact) mass is 366 g/mol. The molecular weight excluding hydrogens is 335 g/mol. The minimum absolute atomic E-state index is 0.